The van der Waals surface area contributed by atoms with Crippen molar-refractivity contribution in [2.45, 2.75) is 19.0 Å². The van der Waals surface area contributed by atoms with E-state index in [1.54, 1.807) is 6.07 Å². The molecule has 24 heavy (non-hydrogen) atoms. The zero-order chi connectivity index (χ0) is 16.4. The number of nitrogens with zero attached hydrogens (tertiary/aromatic N) is 3. The number of rotatable bonds is 5. The Balaban J connectivity index is 0.00000208. The van der Waals surface area contributed by atoms with Crippen molar-refractivity contribution >= 4 is 45.5 Å². The molecule has 1 aromatic carbocycles. The first-order valence-corrected chi connectivity index (χ1v) is 8.25. The van der Waals surface area contributed by atoms with Gasteiger partial charge in [-0.25, -0.2) is 9.37 Å². The summed E-state index contributed by atoms with van der Waals surface area (Å²) in [7, 11) is 0. The van der Waals surface area contributed by atoms with Crippen LogP contribution in [0.3, 0.4) is 0 Å². The van der Waals surface area contributed by atoms with Crippen molar-refractivity contribution in [2.75, 3.05) is 18.0 Å². The molecular weight excluding hydrogens is 378 g/mol. The van der Waals surface area contributed by atoms with Crippen molar-refractivity contribution in [2.24, 2.45) is 0 Å². The molecule has 130 valence electrons. The van der Waals surface area contributed by atoms with E-state index in [1.807, 2.05) is 4.90 Å². The monoisotopic (exact) mass is 392 g/mol. The van der Waals surface area contributed by atoms with Crippen LogP contribution in [0.4, 0.5) is 14.5 Å². The smallest absolute Gasteiger partial charge is 0.345 e. The fourth-order valence-electron chi connectivity index (χ4n) is 2.51. The summed E-state index contributed by atoms with van der Waals surface area (Å²) in [6.45, 7) is 2.07. The number of hydrogen-bond donors (Lipinski definition) is 1. The van der Waals surface area contributed by atoms with Crippen molar-refractivity contribution in [3.05, 3.63) is 50.9 Å². The summed E-state index contributed by atoms with van der Waals surface area (Å²) in [6, 6.07) is 4.59. The Hall–Kier alpha value is -1.48. The number of aromatic nitrogens is 1. The largest absolute Gasteiger partial charge is 0.346 e. The lowest BCUT2D eigenvalue weighted by atomic mass is 10.2. The van der Waals surface area contributed by atoms with Gasteiger partial charge in [-0.2, -0.15) is 0 Å². The lowest BCUT2D eigenvalue weighted by molar-refractivity contribution is -0.380. The molecule has 0 spiro atoms. The molecule has 6 nitrogen and oxygen atoms in total. The molecule has 0 aliphatic carbocycles. The average Bonchev–Trinajstić information content (AvgIpc) is 3.15. The number of thiazole rings is 1. The number of nitro groups is 1. The summed E-state index contributed by atoms with van der Waals surface area (Å²) in [4.78, 5) is 16.4. The van der Waals surface area contributed by atoms with Crippen molar-refractivity contribution in [1.82, 2.24) is 10.3 Å². The number of hydrogen-bond acceptors (Lipinski definition) is 6. The molecule has 2 heterocycles. The topological polar surface area (TPSA) is 71.3 Å². The maximum absolute atomic E-state index is 13.0. The molecule has 1 saturated heterocycles. The van der Waals surface area contributed by atoms with Gasteiger partial charge in [0, 0.05) is 30.7 Å². The minimum atomic E-state index is -0.427. The second-order valence-electron chi connectivity index (χ2n) is 5.29. The summed E-state index contributed by atoms with van der Waals surface area (Å²) in [6.07, 6.45) is 2.20. The molecule has 0 unspecified atom stereocenters. The summed E-state index contributed by atoms with van der Waals surface area (Å²) in [5.74, 6) is -0.351. The number of halogens is 3. The molecule has 2 aromatic rings. The van der Waals surface area contributed by atoms with Crippen LogP contribution in [0.2, 0.25) is 5.02 Å². The zero-order valence-corrected chi connectivity index (χ0v) is 14.8. The van der Waals surface area contributed by atoms with Crippen molar-refractivity contribution in [1.29, 1.82) is 0 Å². The maximum atomic E-state index is 13.0. The van der Waals surface area contributed by atoms with Gasteiger partial charge in [0.25, 0.3) is 0 Å². The Morgan fingerprint density at radius 1 is 1.54 bits per heavy atom. The Morgan fingerprint density at radius 3 is 3.00 bits per heavy atom. The first-order chi connectivity index (χ1) is 11.0. The van der Waals surface area contributed by atoms with E-state index in [0.29, 0.717) is 16.7 Å². The van der Waals surface area contributed by atoms with E-state index in [0.717, 1.165) is 36.4 Å². The normalized spacial score (nSPS) is 16.9. The second kappa shape index (κ2) is 8.06. The lowest BCUT2D eigenvalue weighted by Crippen LogP contribution is -2.32. The third-order valence-electron chi connectivity index (χ3n) is 3.72. The van der Waals surface area contributed by atoms with Crippen LogP contribution < -0.4 is 10.2 Å². The van der Waals surface area contributed by atoms with Gasteiger partial charge in [0.05, 0.1) is 4.92 Å². The fourth-order valence-corrected chi connectivity index (χ4v) is 3.51. The molecule has 3 rings (SSSR count). The molecule has 1 fully saturated rings. The molecule has 10 heteroatoms. The first kappa shape index (κ1) is 18.9. The van der Waals surface area contributed by atoms with E-state index < -0.39 is 4.92 Å². The molecule has 1 aromatic heterocycles. The van der Waals surface area contributed by atoms with Gasteiger partial charge in [-0.1, -0.05) is 17.7 Å². The maximum Gasteiger partial charge on any atom is 0.345 e. The molecule has 1 N–H and O–H groups in total. The predicted molar refractivity (Wildman–Crippen MR) is 94.9 cm³/mol. The highest BCUT2D eigenvalue weighted by atomic mass is 35.5. The van der Waals surface area contributed by atoms with Gasteiger partial charge in [-0.15, -0.1) is 12.4 Å². The molecule has 0 bridgehead atoms. The van der Waals surface area contributed by atoms with E-state index >= 15 is 0 Å². The van der Waals surface area contributed by atoms with Crippen molar-refractivity contribution < 1.29 is 9.31 Å². The van der Waals surface area contributed by atoms with Gasteiger partial charge in [0.1, 0.15) is 12.0 Å². The van der Waals surface area contributed by atoms with Crippen molar-refractivity contribution in [3.63, 3.8) is 0 Å². The SMILES string of the molecule is Cl.O=[N+]([O-])c1cnc(N2CC[C@H](NCc3ccc(F)cc3Cl)C2)s1. The lowest BCUT2D eigenvalue weighted by Gasteiger charge is -2.16. The van der Waals surface area contributed by atoms with E-state index in [2.05, 4.69) is 10.3 Å². The van der Waals surface area contributed by atoms with Crippen LogP contribution in [0.15, 0.2) is 24.4 Å². The van der Waals surface area contributed by atoms with Gasteiger partial charge < -0.3 is 10.2 Å². The molecule has 0 radical (unpaired) electrons. The van der Waals surface area contributed by atoms with Gasteiger partial charge >= 0.3 is 5.00 Å². The van der Waals surface area contributed by atoms with E-state index in [-0.39, 0.29) is 29.3 Å². The summed E-state index contributed by atoms with van der Waals surface area (Å²) >= 11 is 7.09. The van der Waals surface area contributed by atoms with E-state index in [1.165, 1.54) is 18.3 Å². The predicted octanol–water partition coefficient (Wildman–Crippen LogP) is 3.63. The Bertz CT molecular complexity index is 731. The van der Waals surface area contributed by atoms with Crippen LogP contribution in [-0.4, -0.2) is 29.0 Å². The highest BCUT2D eigenvalue weighted by Crippen LogP contribution is 2.30. The third-order valence-corrected chi connectivity index (χ3v) is 5.08. The number of benzene rings is 1. The Labute approximate surface area is 153 Å². The number of anilines is 1. The van der Waals surface area contributed by atoms with Gasteiger partial charge in [0.15, 0.2) is 5.13 Å². The van der Waals surface area contributed by atoms with Crippen LogP contribution in [-0.2, 0) is 6.54 Å². The zero-order valence-electron chi connectivity index (χ0n) is 12.4. The summed E-state index contributed by atoms with van der Waals surface area (Å²) in [5, 5.41) is 15.2. The summed E-state index contributed by atoms with van der Waals surface area (Å²) < 4.78 is 13.0. The molecule has 0 amide bonds. The standard InChI is InChI=1S/C14H14ClFN4O2S.ClH/c15-12-5-10(16)2-1-9(12)6-17-11-3-4-19(8-11)14-18-7-13(23-14)20(21)22;/h1-2,5,7,11,17H,3-4,6,8H2;1H/t11-;/m0./s1. The number of nitrogens with one attached hydrogen (secondary N) is 1. The molecule has 1 aliphatic heterocycles. The van der Waals surface area contributed by atoms with Gasteiger partial charge in [-0.05, 0) is 35.5 Å². The van der Waals surface area contributed by atoms with E-state index in [9.17, 15) is 14.5 Å². The molecule has 1 aliphatic rings. The van der Waals surface area contributed by atoms with E-state index in [4.69, 9.17) is 11.6 Å². The molecule has 1 atom stereocenters. The minimum absolute atomic E-state index is 0. The molecule has 0 saturated carbocycles. The fraction of sp³-hybridized carbons (Fsp3) is 0.357. The van der Waals surface area contributed by atoms with Crippen LogP contribution in [0.5, 0.6) is 0 Å². The minimum Gasteiger partial charge on any atom is -0.346 e. The average molecular weight is 393 g/mol. The summed E-state index contributed by atoms with van der Waals surface area (Å²) in [5.41, 5.74) is 0.844. The van der Waals surface area contributed by atoms with Gasteiger partial charge in [-0.3, -0.25) is 10.1 Å². The Kier molecular flexibility index (Phi) is 6.34. The molecular formula is C14H15Cl2FN4O2S. The quantitative estimate of drug-likeness (QED) is 0.621. The van der Waals surface area contributed by atoms with Gasteiger partial charge in [0.2, 0.25) is 0 Å². The van der Waals surface area contributed by atoms with Crippen LogP contribution in [0.25, 0.3) is 0 Å². The Morgan fingerprint density at radius 2 is 2.33 bits per heavy atom. The highest BCUT2D eigenvalue weighted by Gasteiger charge is 2.26. The van der Waals surface area contributed by atoms with Crippen LogP contribution in [0.1, 0.15) is 12.0 Å². The van der Waals surface area contributed by atoms with Crippen LogP contribution >= 0.6 is 35.3 Å². The third kappa shape index (κ3) is 4.32. The second-order valence-corrected chi connectivity index (χ2v) is 6.68. The van der Waals surface area contributed by atoms with Crippen molar-refractivity contribution in [3.8, 4) is 0 Å². The highest BCUT2D eigenvalue weighted by molar-refractivity contribution is 7.18. The first-order valence-electron chi connectivity index (χ1n) is 7.05. The van der Waals surface area contributed by atoms with Crippen LogP contribution in [0, 0.1) is 15.9 Å².